The number of ether oxygens (including phenoxy) is 2. The molecule has 6 heteroatoms. The predicted octanol–water partition coefficient (Wildman–Crippen LogP) is 1.37. The van der Waals surface area contributed by atoms with Gasteiger partial charge in [-0.2, -0.15) is 5.26 Å². The highest BCUT2D eigenvalue weighted by atomic mass is 16.5. The highest BCUT2D eigenvalue weighted by molar-refractivity contribution is 5.37. The number of rotatable bonds is 6. The lowest BCUT2D eigenvalue weighted by atomic mass is 10.1. The summed E-state index contributed by atoms with van der Waals surface area (Å²) < 4.78 is 10.8. The molecule has 2 heterocycles. The maximum absolute atomic E-state index is 8.70. The smallest absolute Gasteiger partial charge is 0.158 e. The Morgan fingerprint density at radius 1 is 1.30 bits per heavy atom. The third kappa shape index (κ3) is 4.15. The van der Waals surface area contributed by atoms with Gasteiger partial charge in [-0.3, -0.25) is 0 Å². The van der Waals surface area contributed by atoms with Crippen molar-refractivity contribution >= 4 is 5.82 Å². The maximum Gasteiger partial charge on any atom is 0.158 e. The second-order valence-corrected chi connectivity index (χ2v) is 4.78. The van der Waals surface area contributed by atoms with Crippen molar-refractivity contribution in [3.05, 3.63) is 18.1 Å². The van der Waals surface area contributed by atoms with Crippen molar-refractivity contribution in [1.29, 1.82) is 5.26 Å². The first-order chi connectivity index (χ1) is 9.83. The third-order valence-corrected chi connectivity index (χ3v) is 3.37. The number of hydrogen-bond donors (Lipinski definition) is 0. The van der Waals surface area contributed by atoms with Gasteiger partial charge in [0.2, 0.25) is 0 Å². The normalized spacial score (nSPS) is 16.1. The van der Waals surface area contributed by atoms with Gasteiger partial charge < -0.3 is 14.4 Å². The standard InChI is InChI=1S/C14H20N4O2/c1-19-7-2-8-20-13-3-5-18(6-4-13)14-11-16-12(9-15)10-17-14/h10-11,13H,2-8H2,1H3. The van der Waals surface area contributed by atoms with Gasteiger partial charge in [0.15, 0.2) is 5.69 Å². The predicted molar refractivity (Wildman–Crippen MR) is 74.4 cm³/mol. The monoisotopic (exact) mass is 276 g/mol. The van der Waals surface area contributed by atoms with Crippen molar-refractivity contribution in [2.45, 2.75) is 25.4 Å². The van der Waals surface area contributed by atoms with E-state index in [1.165, 1.54) is 6.20 Å². The van der Waals surface area contributed by atoms with Crippen molar-refractivity contribution in [2.75, 3.05) is 38.3 Å². The largest absolute Gasteiger partial charge is 0.385 e. The van der Waals surface area contributed by atoms with E-state index in [0.717, 1.165) is 51.4 Å². The number of nitriles is 1. The molecule has 1 saturated heterocycles. The minimum Gasteiger partial charge on any atom is -0.385 e. The zero-order valence-electron chi connectivity index (χ0n) is 11.8. The summed E-state index contributed by atoms with van der Waals surface area (Å²) >= 11 is 0. The van der Waals surface area contributed by atoms with Gasteiger partial charge in [0.1, 0.15) is 11.9 Å². The van der Waals surface area contributed by atoms with Crippen molar-refractivity contribution in [1.82, 2.24) is 9.97 Å². The van der Waals surface area contributed by atoms with Crippen molar-refractivity contribution in [2.24, 2.45) is 0 Å². The molecule has 0 atom stereocenters. The lowest BCUT2D eigenvalue weighted by Gasteiger charge is -2.32. The van der Waals surface area contributed by atoms with Crippen LogP contribution >= 0.6 is 0 Å². The Morgan fingerprint density at radius 2 is 2.10 bits per heavy atom. The Kier molecular flexibility index (Phi) is 5.71. The first-order valence-corrected chi connectivity index (χ1v) is 6.91. The van der Waals surface area contributed by atoms with Crippen molar-refractivity contribution in [3.63, 3.8) is 0 Å². The first-order valence-electron chi connectivity index (χ1n) is 6.91. The Bertz CT molecular complexity index is 435. The molecule has 20 heavy (non-hydrogen) atoms. The van der Waals surface area contributed by atoms with Crippen LogP contribution in [0.1, 0.15) is 25.0 Å². The molecule has 0 aliphatic carbocycles. The molecule has 1 aromatic rings. The molecule has 1 aromatic heterocycles. The van der Waals surface area contributed by atoms with Crippen LogP contribution in [0.15, 0.2) is 12.4 Å². The topological polar surface area (TPSA) is 71.3 Å². The third-order valence-electron chi connectivity index (χ3n) is 3.37. The van der Waals surface area contributed by atoms with E-state index in [9.17, 15) is 0 Å². The Morgan fingerprint density at radius 3 is 2.70 bits per heavy atom. The van der Waals surface area contributed by atoms with Crippen LogP contribution in [0.4, 0.5) is 5.82 Å². The zero-order valence-corrected chi connectivity index (χ0v) is 11.8. The van der Waals surface area contributed by atoms with Gasteiger partial charge in [-0.15, -0.1) is 0 Å². The molecule has 0 radical (unpaired) electrons. The molecule has 0 bridgehead atoms. The molecule has 6 nitrogen and oxygen atoms in total. The second kappa shape index (κ2) is 7.78. The SMILES string of the molecule is COCCCOC1CCN(c2cnc(C#N)cn2)CC1. The van der Waals surface area contributed by atoms with Gasteiger partial charge in [-0.25, -0.2) is 9.97 Å². The van der Waals surface area contributed by atoms with Crippen molar-refractivity contribution in [3.8, 4) is 6.07 Å². The quantitative estimate of drug-likeness (QED) is 0.731. The van der Waals surface area contributed by atoms with E-state index in [0.29, 0.717) is 11.8 Å². The molecule has 1 fully saturated rings. The number of anilines is 1. The van der Waals surface area contributed by atoms with E-state index in [-0.39, 0.29) is 0 Å². The summed E-state index contributed by atoms with van der Waals surface area (Å²) in [5.41, 5.74) is 0.352. The number of hydrogen-bond acceptors (Lipinski definition) is 6. The number of nitrogens with zero attached hydrogens (tertiary/aromatic N) is 4. The fourth-order valence-corrected chi connectivity index (χ4v) is 2.25. The maximum atomic E-state index is 8.70. The van der Waals surface area contributed by atoms with Gasteiger partial charge in [0.25, 0.3) is 0 Å². The first kappa shape index (κ1) is 14.7. The summed E-state index contributed by atoms with van der Waals surface area (Å²) in [6.07, 6.45) is 6.44. The molecule has 0 aromatic carbocycles. The summed E-state index contributed by atoms with van der Waals surface area (Å²) in [5.74, 6) is 0.835. The minimum absolute atomic E-state index is 0.328. The van der Waals surface area contributed by atoms with Crippen LogP contribution in [0.2, 0.25) is 0 Å². The minimum atomic E-state index is 0.328. The molecule has 0 unspecified atom stereocenters. The fourth-order valence-electron chi connectivity index (χ4n) is 2.25. The van der Waals surface area contributed by atoms with E-state index >= 15 is 0 Å². The van der Waals surface area contributed by atoms with Crippen LogP contribution in [-0.2, 0) is 9.47 Å². The summed E-state index contributed by atoms with van der Waals surface area (Å²) in [4.78, 5) is 10.5. The van der Waals surface area contributed by atoms with E-state index in [1.807, 2.05) is 6.07 Å². The summed E-state index contributed by atoms with van der Waals surface area (Å²) in [7, 11) is 1.71. The highest BCUT2D eigenvalue weighted by Crippen LogP contribution is 2.19. The van der Waals surface area contributed by atoms with Gasteiger partial charge in [-0.1, -0.05) is 0 Å². The molecular formula is C14H20N4O2. The molecule has 0 amide bonds. The van der Waals surface area contributed by atoms with Gasteiger partial charge in [-0.05, 0) is 19.3 Å². The molecule has 0 spiro atoms. The van der Waals surface area contributed by atoms with Gasteiger partial charge in [0.05, 0.1) is 18.5 Å². The van der Waals surface area contributed by atoms with Gasteiger partial charge in [0, 0.05) is 33.4 Å². The molecule has 0 N–H and O–H groups in total. The van der Waals surface area contributed by atoms with Crippen LogP contribution < -0.4 is 4.90 Å². The molecule has 1 aliphatic rings. The molecule has 0 saturated carbocycles. The summed E-state index contributed by atoms with van der Waals surface area (Å²) in [5, 5.41) is 8.70. The lowest BCUT2D eigenvalue weighted by molar-refractivity contribution is 0.0257. The van der Waals surface area contributed by atoms with Crippen LogP contribution in [-0.4, -0.2) is 49.5 Å². The summed E-state index contributed by atoms with van der Waals surface area (Å²) in [6.45, 7) is 3.33. The molecule has 108 valence electrons. The zero-order chi connectivity index (χ0) is 14.2. The average molecular weight is 276 g/mol. The molecule has 1 aliphatic heterocycles. The Balaban J connectivity index is 1.74. The summed E-state index contributed by atoms with van der Waals surface area (Å²) in [6, 6.07) is 1.98. The van der Waals surface area contributed by atoms with E-state index in [1.54, 1.807) is 13.3 Å². The number of methoxy groups -OCH3 is 1. The second-order valence-electron chi connectivity index (χ2n) is 4.78. The molecular weight excluding hydrogens is 256 g/mol. The van der Waals surface area contributed by atoms with E-state index in [2.05, 4.69) is 14.9 Å². The van der Waals surface area contributed by atoms with Crippen LogP contribution in [0.5, 0.6) is 0 Å². The number of piperidine rings is 1. The number of aromatic nitrogens is 2. The molecule has 2 rings (SSSR count). The fraction of sp³-hybridized carbons (Fsp3) is 0.643. The van der Waals surface area contributed by atoms with Crippen molar-refractivity contribution < 1.29 is 9.47 Å². The Labute approximate surface area is 119 Å². The average Bonchev–Trinajstić information content (AvgIpc) is 2.52. The van der Waals surface area contributed by atoms with E-state index in [4.69, 9.17) is 14.7 Å². The Hall–Kier alpha value is -1.71. The van der Waals surface area contributed by atoms with Crippen LogP contribution in [0.25, 0.3) is 0 Å². The van der Waals surface area contributed by atoms with Crippen LogP contribution in [0, 0.1) is 11.3 Å². The lowest BCUT2D eigenvalue weighted by Crippen LogP contribution is -2.37. The van der Waals surface area contributed by atoms with E-state index < -0.39 is 0 Å². The van der Waals surface area contributed by atoms with Crippen LogP contribution in [0.3, 0.4) is 0 Å². The highest BCUT2D eigenvalue weighted by Gasteiger charge is 2.20. The van der Waals surface area contributed by atoms with Gasteiger partial charge >= 0.3 is 0 Å².